The van der Waals surface area contributed by atoms with Crippen LogP contribution in [0.15, 0.2) is 24.3 Å². The minimum Gasteiger partial charge on any atom is -0.391 e. The zero-order valence-corrected chi connectivity index (χ0v) is 15.3. The number of hydrogen-bond donors (Lipinski definition) is 3. The lowest BCUT2D eigenvalue weighted by molar-refractivity contribution is 0.0898. The molecule has 0 aliphatic heterocycles. The van der Waals surface area contributed by atoms with Crippen molar-refractivity contribution in [2.75, 3.05) is 13.1 Å². The third-order valence-electron chi connectivity index (χ3n) is 3.43. The second-order valence-electron chi connectivity index (χ2n) is 7.81. The molecule has 0 heterocycles. The van der Waals surface area contributed by atoms with Crippen LogP contribution in [0, 0.1) is 11.3 Å². The first-order chi connectivity index (χ1) is 11.1. The summed E-state index contributed by atoms with van der Waals surface area (Å²) in [5.74, 6) is -0.0218. The molecule has 0 aliphatic rings. The van der Waals surface area contributed by atoms with E-state index in [1.165, 1.54) is 0 Å². The van der Waals surface area contributed by atoms with Crippen LogP contribution in [-0.4, -0.2) is 36.1 Å². The second kappa shape index (κ2) is 8.83. The Morgan fingerprint density at radius 1 is 1.00 bits per heavy atom. The molecule has 1 aromatic rings. The van der Waals surface area contributed by atoms with Crippen molar-refractivity contribution < 1.29 is 14.7 Å². The van der Waals surface area contributed by atoms with Crippen LogP contribution >= 0.6 is 0 Å². The number of aliphatic hydroxyl groups excluding tert-OH is 1. The molecule has 1 rings (SSSR count). The van der Waals surface area contributed by atoms with E-state index in [1.54, 1.807) is 24.3 Å². The Bertz CT molecular complexity index is 545. The summed E-state index contributed by atoms with van der Waals surface area (Å²) in [5.41, 5.74) is 1.02. The molecule has 0 saturated carbocycles. The smallest absolute Gasteiger partial charge is 0.251 e. The Balaban J connectivity index is 2.54. The first-order valence-corrected chi connectivity index (χ1v) is 8.43. The third-order valence-corrected chi connectivity index (χ3v) is 3.43. The summed E-state index contributed by atoms with van der Waals surface area (Å²) in [6.07, 6.45) is 0.101. The molecule has 134 valence electrons. The number of carbonyl (C=O) groups is 2. The van der Waals surface area contributed by atoms with E-state index in [0.717, 1.165) is 0 Å². The monoisotopic (exact) mass is 334 g/mol. The SMILES string of the molecule is CC(C)CC(O)CNC(=O)c1ccc(C(=O)NCC(C)(C)C)cc1. The van der Waals surface area contributed by atoms with Crippen LogP contribution in [0.2, 0.25) is 0 Å². The largest absolute Gasteiger partial charge is 0.391 e. The van der Waals surface area contributed by atoms with E-state index in [-0.39, 0.29) is 23.8 Å². The molecular weight excluding hydrogens is 304 g/mol. The molecule has 1 unspecified atom stereocenters. The minimum atomic E-state index is -0.545. The highest BCUT2D eigenvalue weighted by Crippen LogP contribution is 2.11. The minimum absolute atomic E-state index is 0.0201. The molecule has 5 nitrogen and oxygen atoms in total. The van der Waals surface area contributed by atoms with Gasteiger partial charge >= 0.3 is 0 Å². The Morgan fingerprint density at radius 3 is 1.88 bits per heavy atom. The van der Waals surface area contributed by atoms with E-state index >= 15 is 0 Å². The highest BCUT2D eigenvalue weighted by Gasteiger charge is 2.14. The molecule has 0 spiro atoms. The molecule has 0 aromatic heterocycles. The average molecular weight is 334 g/mol. The Morgan fingerprint density at radius 2 is 1.46 bits per heavy atom. The van der Waals surface area contributed by atoms with Crippen molar-refractivity contribution in [3.8, 4) is 0 Å². The van der Waals surface area contributed by atoms with Crippen LogP contribution in [0.4, 0.5) is 0 Å². The van der Waals surface area contributed by atoms with E-state index in [4.69, 9.17) is 0 Å². The van der Waals surface area contributed by atoms with Gasteiger partial charge in [0.1, 0.15) is 0 Å². The fourth-order valence-electron chi connectivity index (χ4n) is 2.16. The predicted molar refractivity (Wildman–Crippen MR) is 96.0 cm³/mol. The van der Waals surface area contributed by atoms with Crippen LogP contribution in [-0.2, 0) is 0 Å². The lowest BCUT2D eigenvalue weighted by Crippen LogP contribution is -2.33. The molecule has 1 aromatic carbocycles. The summed E-state index contributed by atoms with van der Waals surface area (Å²) in [6.45, 7) is 11.0. The number of nitrogens with one attached hydrogen (secondary N) is 2. The predicted octanol–water partition coefficient (Wildman–Crippen LogP) is 2.60. The molecule has 0 aliphatic carbocycles. The van der Waals surface area contributed by atoms with E-state index < -0.39 is 6.10 Å². The topological polar surface area (TPSA) is 78.4 Å². The van der Waals surface area contributed by atoms with Gasteiger partial charge in [-0.3, -0.25) is 9.59 Å². The zero-order valence-electron chi connectivity index (χ0n) is 15.3. The van der Waals surface area contributed by atoms with Gasteiger partial charge in [-0.2, -0.15) is 0 Å². The normalized spacial score (nSPS) is 12.8. The van der Waals surface area contributed by atoms with Crippen molar-refractivity contribution in [1.29, 1.82) is 0 Å². The van der Waals surface area contributed by atoms with Crippen molar-refractivity contribution in [2.45, 2.75) is 47.1 Å². The van der Waals surface area contributed by atoms with Gasteiger partial charge in [-0.1, -0.05) is 34.6 Å². The summed E-state index contributed by atoms with van der Waals surface area (Å²) < 4.78 is 0. The summed E-state index contributed by atoms with van der Waals surface area (Å²) in [6, 6.07) is 6.52. The number of rotatable bonds is 7. The number of aliphatic hydroxyl groups is 1. The van der Waals surface area contributed by atoms with Gasteiger partial charge in [0.15, 0.2) is 0 Å². The summed E-state index contributed by atoms with van der Waals surface area (Å²) in [7, 11) is 0. The molecule has 0 bridgehead atoms. The molecule has 1 atom stereocenters. The highest BCUT2D eigenvalue weighted by atomic mass is 16.3. The zero-order chi connectivity index (χ0) is 18.3. The molecular formula is C19H30N2O3. The van der Waals surface area contributed by atoms with Gasteiger partial charge in [0.25, 0.3) is 11.8 Å². The van der Waals surface area contributed by atoms with E-state index in [2.05, 4.69) is 31.4 Å². The second-order valence-corrected chi connectivity index (χ2v) is 7.81. The fraction of sp³-hybridized carbons (Fsp3) is 0.579. The lowest BCUT2D eigenvalue weighted by atomic mass is 9.97. The van der Waals surface area contributed by atoms with Gasteiger partial charge in [-0.05, 0) is 42.0 Å². The van der Waals surface area contributed by atoms with Gasteiger partial charge in [0.2, 0.25) is 0 Å². The highest BCUT2D eigenvalue weighted by molar-refractivity contribution is 5.97. The quantitative estimate of drug-likeness (QED) is 0.717. The molecule has 0 fully saturated rings. The maximum atomic E-state index is 12.1. The maximum Gasteiger partial charge on any atom is 0.251 e. The van der Waals surface area contributed by atoms with Crippen molar-refractivity contribution in [3.63, 3.8) is 0 Å². The van der Waals surface area contributed by atoms with Crippen LogP contribution in [0.25, 0.3) is 0 Å². The molecule has 0 saturated heterocycles. The van der Waals surface area contributed by atoms with Crippen LogP contribution in [0.3, 0.4) is 0 Å². The number of amides is 2. The molecule has 0 radical (unpaired) electrons. The van der Waals surface area contributed by atoms with Gasteiger partial charge in [-0.15, -0.1) is 0 Å². The Labute approximate surface area is 144 Å². The lowest BCUT2D eigenvalue weighted by Gasteiger charge is -2.18. The molecule has 3 N–H and O–H groups in total. The first kappa shape index (κ1) is 20.2. The van der Waals surface area contributed by atoms with Crippen molar-refractivity contribution >= 4 is 11.8 Å². The summed E-state index contributed by atoms with van der Waals surface area (Å²) in [4.78, 5) is 24.1. The van der Waals surface area contributed by atoms with Crippen molar-refractivity contribution in [1.82, 2.24) is 10.6 Å². The summed E-state index contributed by atoms with van der Waals surface area (Å²) >= 11 is 0. The van der Waals surface area contributed by atoms with Crippen LogP contribution in [0.5, 0.6) is 0 Å². The Hall–Kier alpha value is -1.88. The van der Waals surface area contributed by atoms with E-state index in [0.29, 0.717) is 30.0 Å². The van der Waals surface area contributed by atoms with Gasteiger partial charge < -0.3 is 15.7 Å². The molecule has 2 amide bonds. The van der Waals surface area contributed by atoms with E-state index in [9.17, 15) is 14.7 Å². The first-order valence-electron chi connectivity index (χ1n) is 8.43. The van der Waals surface area contributed by atoms with Crippen LogP contribution < -0.4 is 10.6 Å². The fourth-order valence-corrected chi connectivity index (χ4v) is 2.16. The number of hydrogen-bond acceptors (Lipinski definition) is 3. The van der Waals surface area contributed by atoms with Gasteiger partial charge in [0, 0.05) is 24.2 Å². The number of carbonyl (C=O) groups excluding carboxylic acids is 2. The van der Waals surface area contributed by atoms with Gasteiger partial charge in [0.05, 0.1) is 6.10 Å². The maximum absolute atomic E-state index is 12.1. The Kier molecular flexibility index (Phi) is 7.42. The van der Waals surface area contributed by atoms with Crippen molar-refractivity contribution in [3.05, 3.63) is 35.4 Å². The van der Waals surface area contributed by atoms with Gasteiger partial charge in [-0.25, -0.2) is 0 Å². The standard InChI is InChI=1S/C19H30N2O3/c1-13(2)10-16(22)11-20-17(23)14-6-8-15(9-7-14)18(24)21-12-19(3,4)5/h6-9,13,16,22H,10-12H2,1-5H3,(H,20,23)(H,21,24). The average Bonchev–Trinajstić information content (AvgIpc) is 2.49. The molecule has 5 heteroatoms. The van der Waals surface area contributed by atoms with Crippen molar-refractivity contribution in [2.24, 2.45) is 11.3 Å². The van der Waals surface area contributed by atoms with Crippen LogP contribution in [0.1, 0.15) is 61.8 Å². The molecule has 24 heavy (non-hydrogen) atoms. The number of benzene rings is 1. The third kappa shape index (κ3) is 7.59. The van der Waals surface area contributed by atoms with E-state index in [1.807, 2.05) is 13.8 Å². The summed E-state index contributed by atoms with van der Waals surface area (Å²) in [5, 5.41) is 15.4.